The Labute approximate surface area is 123 Å². The van der Waals surface area contributed by atoms with Crippen molar-refractivity contribution in [3.63, 3.8) is 0 Å². The zero-order valence-corrected chi connectivity index (χ0v) is 12.6. The highest BCUT2D eigenvalue weighted by atomic mass is 16.5. The van der Waals surface area contributed by atoms with Crippen molar-refractivity contribution in [3.05, 3.63) is 40.8 Å². The van der Waals surface area contributed by atoms with Crippen LogP contribution in [0.2, 0.25) is 0 Å². The van der Waals surface area contributed by atoms with Crippen molar-refractivity contribution in [3.8, 4) is 11.1 Å². The van der Waals surface area contributed by atoms with Crippen molar-refractivity contribution in [1.82, 2.24) is 5.16 Å². The van der Waals surface area contributed by atoms with E-state index in [9.17, 15) is 0 Å². The summed E-state index contributed by atoms with van der Waals surface area (Å²) in [6.07, 6.45) is 1.89. The molecule has 4 rings (SSSR count). The molecule has 2 heterocycles. The number of hydrogen-bond acceptors (Lipinski definition) is 4. The van der Waals surface area contributed by atoms with Gasteiger partial charge in [0.05, 0.1) is 5.69 Å². The van der Waals surface area contributed by atoms with E-state index in [0.29, 0.717) is 6.61 Å². The Morgan fingerprint density at radius 1 is 1.14 bits per heavy atom. The summed E-state index contributed by atoms with van der Waals surface area (Å²) < 4.78 is 11.0. The molecule has 1 spiro atoms. The molecule has 0 bridgehead atoms. The van der Waals surface area contributed by atoms with E-state index in [2.05, 4.69) is 23.4 Å². The van der Waals surface area contributed by atoms with Crippen LogP contribution in [0, 0.1) is 13.8 Å². The minimum Gasteiger partial charge on any atom is -0.479 e. The maximum absolute atomic E-state index is 5.62. The molecular weight excluding hydrogens is 264 g/mol. The van der Waals surface area contributed by atoms with Crippen LogP contribution in [0.5, 0.6) is 0 Å². The van der Waals surface area contributed by atoms with Crippen LogP contribution in [0.1, 0.15) is 29.5 Å². The molecule has 1 aliphatic heterocycles. The van der Waals surface area contributed by atoms with Crippen LogP contribution in [0.4, 0.5) is 0 Å². The predicted octanol–water partition coefficient (Wildman–Crippen LogP) is 3.24. The Hall–Kier alpha value is -2.10. The lowest BCUT2D eigenvalue weighted by atomic mass is 9.94. The van der Waals surface area contributed by atoms with Crippen LogP contribution < -0.4 is 0 Å². The highest BCUT2D eigenvalue weighted by molar-refractivity contribution is 5.77. The highest BCUT2D eigenvalue weighted by Crippen LogP contribution is 2.42. The van der Waals surface area contributed by atoms with Gasteiger partial charge < -0.3 is 9.26 Å². The fraction of sp³-hybridized carbons (Fsp3) is 0.412. The second kappa shape index (κ2) is 4.20. The van der Waals surface area contributed by atoms with Gasteiger partial charge in [-0.2, -0.15) is 0 Å². The Bertz CT molecular complexity index is 741. The third kappa shape index (κ3) is 1.82. The van der Waals surface area contributed by atoms with Crippen LogP contribution in [-0.4, -0.2) is 23.2 Å². The zero-order chi connectivity index (χ0) is 14.6. The van der Waals surface area contributed by atoms with E-state index in [1.54, 1.807) is 0 Å². The maximum Gasteiger partial charge on any atom is 0.180 e. The van der Waals surface area contributed by atoms with Gasteiger partial charge in [0.1, 0.15) is 17.9 Å². The fourth-order valence-electron chi connectivity index (χ4n) is 3.68. The molecule has 0 radical (unpaired) electrons. The van der Waals surface area contributed by atoms with E-state index in [1.165, 1.54) is 16.7 Å². The fourth-order valence-corrected chi connectivity index (χ4v) is 3.68. The number of fused-ring (bicyclic) bond motifs is 1. The lowest BCUT2D eigenvalue weighted by molar-refractivity contribution is 0.259. The van der Waals surface area contributed by atoms with Gasteiger partial charge >= 0.3 is 0 Å². The molecule has 4 heteroatoms. The molecule has 2 aromatic rings. The number of aromatic nitrogens is 1. The molecule has 0 saturated heterocycles. The number of aliphatic imine (C=N–C) groups is 1. The Balaban J connectivity index is 1.84. The largest absolute Gasteiger partial charge is 0.479 e. The molecule has 0 N–H and O–H groups in total. The quantitative estimate of drug-likeness (QED) is 0.806. The topological polar surface area (TPSA) is 47.6 Å². The summed E-state index contributed by atoms with van der Waals surface area (Å²) in [6, 6.07) is 6.48. The van der Waals surface area contributed by atoms with Crippen LogP contribution in [-0.2, 0) is 17.6 Å². The first kappa shape index (κ1) is 12.6. The van der Waals surface area contributed by atoms with Gasteiger partial charge in [0.15, 0.2) is 5.90 Å². The molecule has 1 aromatic carbocycles. The van der Waals surface area contributed by atoms with Crippen LogP contribution in [0.25, 0.3) is 11.1 Å². The van der Waals surface area contributed by atoms with Gasteiger partial charge in [0.2, 0.25) is 0 Å². The van der Waals surface area contributed by atoms with Gasteiger partial charge in [-0.05, 0) is 30.5 Å². The summed E-state index contributed by atoms with van der Waals surface area (Å²) >= 11 is 0. The molecule has 1 aromatic heterocycles. The molecule has 1 unspecified atom stereocenters. The van der Waals surface area contributed by atoms with E-state index in [4.69, 9.17) is 14.3 Å². The molecule has 108 valence electrons. The van der Waals surface area contributed by atoms with Crippen molar-refractivity contribution in [2.24, 2.45) is 4.99 Å². The standard InChI is InChI=1S/C17H18N2O2/c1-10-16(11(2)21-19-10)14-6-4-5-13-7-17(8-15(13)14)9-20-12(3)18-17/h4-6H,7-9H2,1-3H3. The SMILES string of the molecule is CC1=NC2(CO1)Cc1cccc(-c3c(C)noc3C)c1C2. The summed E-state index contributed by atoms with van der Waals surface area (Å²) in [6.45, 7) is 6.60. The first-order chi connectivity index (χ1) is 10.1. The number of aryl methyl sites for hydroxylation is 2. The molecule has 21 heavy (non-hydrogen) atoms. The molecule has 2 aliphatic rings. The summed E-state index contributed by atoms with van der Waals surface area (Å²) in [5.74, 6) is 1.69. The molecule has 0 saturated carbocycles. The van der Waals surface area contributed by atoms with Crippen LogP contribution in [0.3, 0.4) is 0 Å². The molecule has 0 amide bonds. The number of ether oxygens (including phenoxy) is 1. The minimum absolute atomic E-state index is 0.0957. The number of rotatable bonds is 1. The maximum atomic E-state index is 5.62. The van der Waals surface area contributed by atoms with E-state index in [1.807, 2.05) is 20.8 Å². The van der Waals surface area contributed by atoms with Crippen molar-refractivity contribution < 1.29 is 9.26 Å². The average molecular weight is 282 g/mol. The zero-order valence-electron chi connectivity index (χ0n) is 12.6. The van der Waals surface area contributed by atoms with E-state index < -0.39 is 0 Å². The lowest BCUT2D eigenvalue weighted by Gasteiger charge is -2.16. The van der Waals surface area contributed by atoms with Gasteiger partial charge in [0, 0.05) is 25.3 Å². The second-order valence-electron chi connectivity index (χ2n) is 6.14. The van der Waals surface area contributed by atoms with Gasteiger partial charge in [-0.25, -0.2) is 4.99 Å². The third-order valence-electron chi connectivity index (χ3n) is 4.55. The Morgan fingerprint density at radius 2 is 2.00 bits per heavy atom. The predicted molar refractivity (Wildman–Crippen MR) is 80.6 cm³/mol. The second-order valence-corrected chi connectivity index (χ2v) is 6.14. The van der Waals surface area contributed by atoms with Crippen molar-refractivity contribution in [1.29, 1.82) is 0 Å². The Morgan fingerprint density at radius 3 is 2.67 bits per heavy atom. The first-order valence-electron chi connectivity index (χ1n) is 7.31. The molecule has 1 aliphatic carbocycles. The van der Waals surface area contributed by atoms with E-state index in [0.717, 1.165) is 35.8 Å². The van der Waals surface area contributed by atoms with Crippen molar-refractivity contribution in [2.75, 3.05) is 6.61 Å². The Kier molecular flexibility index (Phi) is 2.52. The smallest absolute Gasteiger partial charge is 0.180 e. The van der Waals surface area contributed by atoms with Gasteiger partial charge in [0.25, 0.3) is 0 Å². The minimum atomic E-state index is -0.0957. The van der Waals surface area contributed by atoms with Crippen LogP contribution >= 0.6 is 0 Å². The summed E-state index contributed by atoms with van der Waals surface area (Å²) in [7, 11) is 0. The normalized spacial score (nSPS) is 23.3. The van der Waals surface area contributed by atoms with Crippen LogP contribution in [0.15, 0.2) is 27.7 Å². The molecule has 0 fully saturated rings. The highest BCUT2D eigenvalue weighted by Gasteiger charge is 2.42. The first-order valence-corrected chi connectivity index (χ1v) is 7.31. The van der Waals surface area contributed by atoms with Gasteiger partial charge in [-0.3, -0.25) is 0 Å². The third-order valence-corrected chi connectivity index (χ3v) is 4.55. The number of benzene rings is 1. The summed E-state index contributed by atoms with van der Waals surface area (Å²) in [4.78, 5) is 4.76. The molecule has 1 atom stereocenters. The van der Waals surface area contributed by atoms with Gasteiger partial charge in [-0.15, -0.1) is 0 Å². The number of hydrogen-bond donors (Lipinski definition) is 0. The van der Waals surface area contributed by atoms with Crippen molar-refractivity contribution in [2.45, 2.75) is 39.2 Å². The van der Waals surface area contributed by atoms with Gasteiger partial charge in [-0.1, -0.05) is 23.4 Å². The molecular formula is C17H18N2O2. The van der Waals surface area contributed by atoms with Crippen molar-refractivity contribution >= 4 is 5.90 Å². The number of nitrogens with zero attached hydrogens (tertiary/aromatic N) is 2. The average Bonchev–Trinajstić information content (AvgIpc) is 3.09. The lowest BCUT2D eigenvalue weighted by Crippen LogP contribution is -2.28. The van der Waals surface area contributed by atoms with E-state index >= 15 is 0 Å². The summed E-state index contributed by atoms with van der Waals surface area (Å²) in [5, 5.41) is 4.09. The monoisotopic (exact) mass is 282 g/mol. The van der Waals surface area contributed by atoms with E-state index in [-0.39, 0.29) is 5.54 Å². The molecule has 4 nitrogen and oxygen atoms in total. The summed E-state index contributed by atoms with van der Waals surface area (Å²) in [5.41, 5.74) is 5.96.